The normalized spacial score (nSPS) is 18.7. The van der Waals surface area contributed by atoms with Crippen LogP contribution in [0.1, 0.15) is 25.3 Å². The first kappa shape index (κ1) is 20.5. The zero-order chi connectivity index (χ0) is 21.4. The van der Waals surface area contributed by atoms with Crippen molar-refractivity contribution in [2.45, 2.75) is 31.7 Å². The van der Waals surface area contributed by atoms with Crippen molar-refractivity contribution in [1.29, 1.82) is 0 Å². The number of rotatable bonds is 4. The van der Waals surface area contributed by atoms with Gasteiger partial charge in [-0.1, -0.05) is 36.1 Å². The fraction of sp³-hybridized carbons (Fsp3) is 0.455. The maximum Gasteiger partial charge on any atom is 0.237 e. The van der Waals surface area contributed by atoms with E-state index in [4.69, 9.17) is 9.72 Å². The van der Waals surface area contributed by atoms with Crippen LogP contribution in [0.2, 0.25) is 0 Å². The summed E-state index contributed by atoms with van der Waals surface area (Å²) in [7, 11) is 0. The van der Waals surface area contributed by atoms with Crippen molar-refractivity contribution in [2.75, 3.05) is 41.8 Å². The second-order valence-corrected chi connectivity index (χ2v) is 10.1. The van der Waals surface area contributed by atoms with Gasteiger partial charge in [0, 0.05) is 13.1 Å². The third-order valence-corrected chi connectivity index (χ3v) is 7.90. The Kier molecular flexibility index (Phi) is 5.71. The molecule has 2 aliphatic heterocycles. The molecule has 0 spiro atoms. The number of carbonyl (C=O) groups excluding carboxylic acids is 1. The molecule has 9 heteroatoms. The summed E-state index contributed by atoms with van der Waals surface area (Å²) in [6.45, 7) is 7.45. The number of thiazole rings is 1. The average Bonchev–Trinajstić information content (AvgIpc) is 3.22. The number of nitrogens with zero attached hydrogens (tertiary/aromatic N) is 5. The van der Waals surface area contributed by atoms with E-state index in [9.17, 15) is 4.79 Å². The van der Waals surface area contributed by atoms with Gasteiger partial charge in [-0.05, 0) is 43.4 Å². The largest absolute Gasteiger partial charge is 0.490 e. The summed E-state index contributed by atoms with van der Waals surface area (Å²) in [5.41, 5.74) is 2.68. The Morgan fingerprint density at radius 2 is 2.23 bits per heavy atom. The van der Waals surface area contributed by atoms with Crippen LogP contribution in [0.5, 0.6) is 5.75 Å². The van der Waals surface area contributed by atoms with Gasteiger partial charge < -0.3 is 14.5 Å². The van der Waals surface area contributed by atoms with Crippen molar-refractivity contribution >= 4 is 50.2 Å². The van der Waals surface area contributed by atoms with E-state index in [1.807, 2.05) is 30.0 Å². The molecular formula is C22H25N5O2S2. The van der Waals surface area contributed by atoms with Gasteiger partial charge in [-0.25, -0.2) is 9.97 Å². The summed E-state index contributed by atoms with van der Waals surface area (Å²) in [4.78, 5) is 30.8. The van der Waals surface area contributed by atoms with Crippen LogP contribution in [0.15, 0.2) is 29.6 Å². The maximum absolute atomic E-state index is 13.1. The molecule has 1 saturated heterocycles. The van der Waals surface area contributed by atoms with Crippen LogP contribution in [0, 0.1) is 12.8 Å². The molecular weight excluding hydrogens is 430 g/mol. The zero-order valence-corrected chi connectivity index (χ0v) is 19.3. The number of fused-ring (bicyclic) bond motifs is 2. The van der Waals surface area contributed by atoms with Gasteiger partial charge >= 0.3 is 0 Å². The molecule has 2 aromatic heterocycles. The molecule has 5 rings (SSSR count). The fourth-order valence-electron chi connectivity index (χ4n) is 4.12. The van der Waals surface area contributed by atoms with E-state index in [0.29, 0.717) is 24.8 Å². The third kappa shape index (κ3) is 4.21. The highest BCUT2D eigenvalue weighted by Crippen LogP contribution is 2.36. The number of aromatic nitrogens is 3. The number of aryl methyl sites for hydroxylation is 1. The second kappa shape index (κ2) is 8.63. The van der Waals surface area contributed by atoms with Gasteiger partial charge in [0.25, 0.3) is 0 Å². The highest BCUT2D eigenvalue weighted by Gasteiger charge is 2.25. The summed E-state index contributed by atoms with van der Waals surface area (Å²) in [5, 5.41) is 1.83. The van der Waals surface area contributed by atoms with Crippen molar-refractivity contribution in [1.82, 2.24) is 15.0 Å². The Morgan fingerprint density at radius 3 is 3.10 bits per heavy atom. The predicted octanol–water partition coefficient (Wildman–Crippen LogP) is 4.15. The number of benzene rings is 1. The zero-order valence-electron chi connectivity index (χ0n) is 17.7. The Labute approximate surface area is 189 Å². The van der Waals surface area contributed by atoms with Gasteiger partial charge in [0.1, 0.15) is 28.4 Å². The number of hydrogen-bond acceptors (Lipinski definition) is 8. The van der Waals surface area contributed by atoms with Gasteiger partial charge in [-0.2, -0.15) is 4.98 Å². The van der Waals surface area contributed by atoms with Gasteiger partial charge in [0.2, 0.25) is 5.91 Å². The van der Waals surface area contributed by atoms with E-state index in [-0.39, 0.29) is 5.91 Å². The molecule has 1 amide bonds. The minimum absolute atomic E-state index is 0.0570. The molecule has 4 heterocycles. The van der Waals surface area contributed by atoms with E-state index in [1.165, 1.54) is 24.6 Å². The monoisotopic (exact) mass is 455 g/mol. The highest BCUT2D eigenvalue weighted by atomic mass is 32.2. The summed E-state index contributed by atoms with van der Waals surface area (Å²) in [6, 6.07) is 5.95. The molecule has 1 aromatic carbocycles. The number of amides is 1. The molecule has 0 aliphatic carbocycles. The van der Waals surface area contributed by atoms with Crippen LogP contribution in [0.25, 0.3) is 10.3 Å². The smallest absolute Gasteiger partial charge is 0.237 e. The van der Waals surface area contributed by atoms with Crippen molar-refractivity contribution in [3.05, 3.63) is 30.1 Å². The van der Waals surface area contributed by atoms with Gasteiger partial charge in [0.05, 0.1) is 18.0 Å². The number of carbonyl (C=O) groups is 1. The lowest BCUT2D eigenvalue weighted by Crippen LogP contribution is -2.39. The lowest BCUT2D eigenvalue weighted by atomic mass is 10.0. The Bertz CT molecular complexity index is 1120. The Morgan fingerprint density at radius 1 is 1.32 bits per heavy atom. The number of thioether (sulfide) groups is 1. The van der Waals surface area contributed by atoms with Gasteiger partial charge in [-0.15, -0.1) is 0 Å². The molecule has 31 heavy (non-hydrogen) atoms. The van der Waals surface area contributed by atoms with Crippen LogP contribution in [-0.2, 0) is 4.79 Å². The molecule has 0 saturated carbocycles. The van der Waals surface area contributed by atoms with E-state index >= 15 is 0 Å². The first-order valence-corrected chi connectivity index (χ1v) is 12.4. The molecule has 3 aromatic rings. The topological polar surface area (TPSA) is 71.5 Å². The minimum atomic E-state index is 0.0570. The molecule has 0 unspecified atom stereocenters. The van der Waals surface area contributed by atoms with Crippen LogP contribution in [-0.4, -0.2) is 52.9 Å². The standard InChI is InChI=1S/C22H25N5O2S2/c1-14-5-6-17-16(10-14)27(8-9-29-17)18(28)12-30-21-19-20(23-13-24-21)25-22(31-19)26-7-3-4-15(2)11-26/h5-6,10,13,15H,3-4,7-9,11-12H2,1-2H3/t15-/m1/s1. The first-order valence-electron chi connectivity index (χ1n) is 10.6. The second-order valence-electron chi connectivity index (χ2n) is 8.18. The van der Waals surface area contributed by atoms with Gasteiger partial charge in [-0.3, -0.25) is 4.79 Å². The number of anilines is 2. The van der Waals surface area contributed by atoms with Crippen molar-refractivity contribution in [3.8, 4) is 5.75 Å². The van der Waals surface area contributed by atoms with E-state index in [1.54, 1.807) is 17.7 Å². The summed E-state index contributed by atoms with van der Waals surface area (Å²) in [6.07, 6.45) is 4.01. The van der Waals surface area contributed by atoms with E-state index in [0.717, 1.165) is 50.6 Å². The molecule has 2 aliphatic rings. The maximum atomic E-state index is 13.1. The van der Waals surface area contributed by atoms with Crippen molar-refractivity contribution in [3.63, 3.8) is 0 Å². The molecule has 7 nitrogen and oxygen atoms in total. The molecule has 162 valence electrons. The van der Waals surface area contributed by atoms with E-state index in [2.05, 4.69) is 21.8 Å². The predicted molar refractivity (Wildman–Crippen MR) is 126 cm³/mol. The molecule has 0 bridgehead atoms. The first-order chi connectivity index (χ1) is 15.1. The minimum Gasteiger partial charge on any atom is -0.490 e. The van der Waals surface area contributed by atoms with Crippen LogP contribution in [0.4, 0.5) is 10.8 Å². The van der Waals surface area contributed by atoms with E-state index < -0.39 is 0 Å². The highest BCUT2D eigenvalue weighted by molar-refractivity contribution is 8.00. The summed E-state index contributed by atoms with van der Waals surface area (Å²) < 4.78 is 6.68. The number of ether oxygens (including phenoxy) is 1. The fourth-order valence-corrected chi connectivity index (χ4v) is 6.12. The SMILES string of the molecule is Cc1ccc2c(c1)N(C(=O)CSc1ncnc3nc(N4CCC[C@@H](C)C4)sc13)CCO2. The molecule has 1 atom stereocenters. The van der Waals surface area contributed by atoms with Crippen LogP contribution < -0.4 is 14.5 Å². The molecule has 1 fully saturated rings. The van der Waals surface area contributed by atoms with Gasteiger partial charge in [0.15, 0.2) is 10.8 Å². The summed E-state index contributed by atoms with van der Waals surface area (Å²) >= 11 is 3.09. The lowest BCUT2D eigenvalue weighted by molar-refractivity contribution is -0.116. The number of hydrogen-bond donors (Lipinski definition) is 0. The lowest BCUT2D eigenvalue weighted by Gasteiger charge is -2.30. The number of piperidine rings is 1. The van der Waals surface area contributed by atoms with Crippen molar-refractivity contribution < 1.29 is 9.53 Å². The van der Waals surface area contributed by atoms with Crippen LogP contribution in [0.3, 0.4) is 0 Å². The third-order valence-electron chi connectivity index (χ3n) is 5.69. The Hall–Kier alpha value is -2.39. The molecule has 0 radical (unpaired) electrons. The summed E-state index contributed by atoms with van der Waals surface area (Å²) in [5.74, 6) is 1.82. The Balaban J connectivity index is 1.33. The average molecular weight is 456 g/mol. The van der Waals surface area contributed by atoms with Crippen LogP contribution >= 0.6 is 23.1 Å². The van der Waals surface area contributed by atoms with Crippen molar-refractivity contribution in [2.24, 2.45) is 5.92 Å². The molecule has 0 N–H and O–H groups in total. The quantitative estimate of drug-likeness (QED) is 0.432.